The molecule has 1 aliphatic heterocycles. The summed E-state index contributed by atoms with van der Waals surface area (Å²) in [6, 6.07) is 0.254. The molecule has 1 amide bonds. The van der Waals surface area contributed by atoms with Crippen LogP contribution in [0.4, 0.5) is 0 Å². The molecule has 0 saturated carbocycles. The van der Waals surface area contributed by atoms with E-state index in [9.17, 15) is 9.59 Å². The highest BCUT2D eigenvalue weighted by molar-refractivity contribution is 5.79. The van der Waals surface area contributed by atoms with Crippen LogP contribution in [-0.4, -0.2) is 49.1 Å². The highest BCUT2D eigenvalue weighted by Gasteiger charge is 2.26. The lowest BCUT2D eigenvalue weighted by Crippen LogP contribution is -2.46. The smallest absolute Gasteiger partial charge is 0.302 e. The lowest BCUT2D eigenvalue weighted by atomic mass is 9.96. The molecule has 1 rings (SSSR count). The van der Waals surface area contributed by atoms with Crippen LogP contribution in [0.5, 0.6) is 0 Å². The van der Waals surface area contributed by atoms with E-state index in [-0.39, 0.29) is 23.8 Å². The number of carbonyl (C=O) groups is 2. The van der Waals surface area contributed by atoms with Crippen molar-refractivity contribution >= 4 is 11.9 Å². The first-order valence-electron chi connectivity index (χ1n) is 7.69. The van der Waals surface area contributed by atoms with Crippen LogP contribution in [0.3, 0.4) is 0 Å². The van der Waals surface area contributed by atoms with Crippen LogP contribution in [0.1, 0.15) is 46.5 Å². The molecular formula is C15H28N2O3. The summed E-state index contributed by atoms with van der Waals surface area (Å²) in [5.41, 5.74) is 0. The highest BCUT2D eigenvalue weighted by atomic mass is 16.5. The molecule has 116 valence electrons. The topological polar surface area (TPSA) is 58.6 Å². The monoisotopic (exact) mass is 284 g/mol. The van der Waals surface area contributed by atoms with Gasteiger partial charge in [-0.2, -0.15) is 0 Å². The fraction of sp³-hybridized carbons (Fsp3) is 0.867. The number of likely N-dealkylation sites (tertiary alicyclic amines) is 1. The van der Waals surface area contributed by atoms with Gasteiger partial charge in [0.1, 0.15) is 6.61 Å². The zero-order valence-electron chi connectivity index (χ0n) is 13.0. The first-order valence-corrected chi connectivity index (χ1v) is 7.69. The standard InChI is InChI=1S/C15H28N2O3/c1-4-6-12(2)16-15(19)14-7-5-8-17(11-14)9-10-20-13(3)18/h12,14H,4-11H2,1-3H3,(H,16,19)/t12-,14-/m1/s1. The molecule has 5 nitrogen and oxygen atoms in total. The molecular weight excluding hydrogens is 256 g/mol. The Morgan fingerprint density at radius 3 is 2.85 bits per heavy atom. The first kappa shape index (κ1) is 17.0. The van der Waals surface area contributed by atoms with E-state index in [0.717, 1.165) is 38.8 Å². The van der Waals surface area contributed by atoms with Crippen LogP contribution in [0.15, 0.2) is 0 Å². The number of amides is 1. The average Bonchev–Trinajstić information content (AvgIpc) is 2.39. The van der Waals surface area contributed by atoms with Gasteiger partial charge in [-0.1, -0.05) is 13.3 Å². The summed E-state index contributed by atoms with van der Waals surface area (Å²) in [6.45, 7) is 8.48. The summed E-state index contributed by atoms with van der Waals surface area (Å²) < 4.78 is 4.96. The molecule has 1 heterocycles. The summed E-state index contributed by atoms with van der Waals surface area (Å²) in [4.78, 5) is 25.1. The van der Waals surface area contributed by atoms with Crippen LogP contribution >= 0.6 is 0 Å². The maximum absolute atomic E-state index is 12.2. The van der Waals surface area contributed by atoms with Gasteiger partial charge in [-0.05, 0) is 32.7 Å². The molecule has 20 heavy (non-hydrogen) atoms. The summed E-state index contributed by atoms with van der Waals surface area (Å²) in [5, 5.41) is 3.09. The zero-order valence-corrected chi connectivity index (χ0v) is 13.0. The third kappa shape index (κ3) is 6.37. The number of piperidine rings is 1. The van der Waals surface area contributed by atoms with Crippen molar-refractivity contribution in [2.75, 3.05) is 26.2 Å². The number of rotatable bonds is 7. The van der Waals surface area contributed by atoms with Gasteiger partial charge in [-0.25, -0.2) is 0 Å². The van der Waals surface area contributed by atoms with Gasteiger partial charge in [-0.15, -0.1) is 0 Å². The summed E-state index contributed by atoms with van der Waals surface area (Å²) in [7, 11) is 0. The lowest BCUT2D eigenvalue weighted by Gasteiger charge is -2.32. The van der Waals surface area contributed by atoms with Crippen LogP contribution < -0.4 is 5.32 Å². The second-order valence-electron chi connectivity index (χ2n) is 5.68. The van der Waals surface area contributed by atoms with Gasteiger partial charge >= 0.3 is 5.97 Å². The number of hydrogen-bond donors (Lipinski definition) is 1. The quantitative estimate of drug-likeness (QED) is 0.721. The van der Waals surface area contributed by atoms with E-state index >= 15 is 0 Å². The maximum Gasteiger partial charge on any atom is 0.302 e. The molecule has 1 saturated heterocycles. The Morgan fingerprint density at radius 2 is 2.20 bits per heavy atom. The molecule has 1 N–H and O–H groups in total. The van der Waals surface area contributed by atoms with Gasteiger partial charge in [0.25, 0.3) is 0 Å². The predicted molar refractivity (Wildman–Crippen MR) is 78.3 cm³/mol. The van der Waals surface area contributed by atoms with Gasteiger partial charge in [0.2, 0.25) is 5.91 Å². The molecule has 0 aliphatic carbocycles. The predicted octanol–water partition coefficient (Wildman–Crippen LogP) is 1.57. The molecule has 0 bridgehead atoms. The van der Waals surface area contributed by atoms with Crippen LogP contribution in [-0.2, 0) is 14.3 Å². The Kier molecular flexibility index (Phi) is 7.59. The minimum absolute atomic E-state index is 0.0698. The SMILES string of the molecule is CCC[C@@H](C)NC(=O)[C@@H]1CCCN(CCOC(C)=O)C1. The summed E-state index contributed by atoms with van der Waals surface area (Å²) in [6.07, 6.45) is 4.09. The number of hydrogen-bond acceptors (Lipinski definition) is 4. The number of esters is 1. The van der Waals surface area contributed by atoms with E-state index in [1.807, 2.05) is 0 Å². The Bertz CT molecular complexity index is 320. The molecule has 0 aromatic rings. The Morgan fingerprint density at radius 1 is 1.45 bits per heavy atom. The summed E-state index contributed by atoms with van der Waals surface area (Å²) >= 11 is 0. The van der Waals surface area contributed by atoms with Crippen LogP contribution in [0, 0.1) is 5.92 Å². The molecule has 0 aromatic carbocycles. The first-order chi connectivity index (χ1) is 9.52. The van der Waals surface area contributed by atoms with E-state index < -0.39 is 0 Å². The number of nitrogens with one attached hydrogen (secondary N) is 1. The Labute approximate surface area is 122 Å². The van der Waals surface area contributed by atoms with Crippen molar-refractivity contribution in [3.05, 3.63) is 0 Å². The molecule has 0 aromatic heterocycles. The van der Waals surface area contributed by atoms with Crippen molar-refractivity contribution in [1.29, 1.82) is 0 Å². The van der Waals surface area contributed by atoms with E-state index in [4.69, 9.17) is 4.74 Å². The fourth-order valence-corrected chi connectivity index (χ4v) is 2.66. The average molecular weight is 284 g/mol. The third-order valence-corrected chi connectivity index (χ3v) is 3.70. The van der Waals surface area contributed by atoms with Gasteiger partial charge in [0.15, 0.2) is 0 Å². The largest absolute Gasteiger partial charge is 0.465 e. The summed E-state index contributed by atoms with van der Waals surface area (Å²) in [5.74, 6) is -0.00628. The van der Waals surface area contributed by atoms with E-state index in [1.54, 1.807) is 0 Å². The lowest BCUT2D eigenvalue weighted by molar-refractivity contribution is -0.141. The van der Waals surface area contributed by atoms with E-state index in [1.165, 1.54) is 6.92 Å². The van der Waals surface area contributed by atoms with Crippen molar-refractivity contribution in [3.8, 4) is 0 Å². The Hall–Kier alpha value is -1.10. The van der Waals surface area contributed by atoms with Gasteiger partial charge in [0.05, 0.1) is 5.92 Å². The second kappa shape index (κ2) is 8.95. The molecule has 2 atom stereocenters. The normalized spacial score (nSPS) is 21.2. The Balaban J connectivity index is 2.32. The van der Waals surface area contributed by atoms with Crippen LogP contribution in [0.25, 0.3) is 0 Å². The van der Waals surface area contributed by atoms with Crippen molar-refractivity contribution in [2.24, 2.45) is 5.92 Å². The van der Waals surface area contributed by atoms with Gasteiger partial charge < -0.3 is 10.1 Å². The molecule has 0 unspecified atom stereocenters. The molecule has 0 spiro atoms. The molecule has 1 aliphatic rings. The second-order valence-corrected chi connectivity index (χ2v) is 5.68. The van der Waals surface area contributed by atoms with Gasteiger partial charge in [-0.3, -0.25) is 14.5 Å². The highest BCUT2D eigenvalue weighted by Crippen LogP contribution is 2.16. The van der Waals surface area contributed by atoms with E-state index in [2.05, 4.69) is 24.1 Å². The molecule has 0 radical (unpaired) electrons. The van der Waals surface area contributed by atoms with Gasteiger partial charge in [0, 0.05) is 26.1 Å². The maximum atomic E-state index is 12.2. The molecule has 5 heteroatoms. The van der Waals surface area contributed by atoms with Crippen LogP contribution in [0.2, 0.25) is 0 Å². The van der Waals surface area contributed by atoms with E-state index in [0.29, 0.717) is 13.2 Å². The fourth-order valence-electron chi connectivity index (χ4n) is 2.66. The van der Waals surface area contributed by atoms with Crippen molar-refractivity contribution < 1.29 is 14.3 Å². The molecule has 1 fully saturated rings. The third-order valence-electron chi connectivity index (χ3n) is 3.70. The zero-order chi connectivity index (χ0) is 15.0. The van der Waals surface area contributed by atoms with Crippen molar-refractivity contribution in [1.82, 2.24) is 10.2 Å². The minimum Gasteiger partial charge on any atom is -0.465 e. The number of nitrogens with zero attached hydrogens (tertiary/aromatic N) is 1. The number of ether oxygens (including phenoxy) is 1. The number of carbonyl (C=O) groups excluding carboxylic acids is 2. The van der Waals surface area contributed by atoms with Crippen molar-refractivity contribution in [3.63, 3.8) is 0 Å². The minimum atomic E-state index is -0.246. The van der Waals surface area contributed by atoms with Crippen molar-refractivity contribution in [2.45, 2.75) is 52.5 Å².